The van der Waals surface area contributed by atoms with Gasteiger partial charge in [0.1, 0.15) is 5.69 Å². The molecule has 0 atom stereocenters. The molecular formula is C22H25F2N5O2S. The van der Waals surface area contributed by atoms with Gasteiger partial charge in [-0.3, -0.25) is 9.59 Å². The maximum absolute atomic E-state index is 13.0. The van der Waals surface area contributed by atoms with Crippen molar-refractivity contribution in [1.29, 1.82) is 0 Å². The van der Waals surface area contributed by atoms with E-state index in [0.717, 1.165) is 47.7 Å². The molecule has 2 aromatic heterocycles. The molecule has 1 aliphatic carbocycles. The quantitative estimate of drug-likeness (QED) is 0.522. The molecule has 0 aliphatic heterocycles. The van der Waals surface area contributed by atoms with Gasteiger partial charge in [-0.05, 0) is 43.0 Å². The van der Waals surface area contributed by atoms with Gasteiger partial charge in [0.05, 0.1) is 15.7 Å². The molecule has 10 heteroatoms. The third kappa shape index (κ3) is 5.29. The molecule has 0 bridgehead atoms. The van der Waals surface area contributed by atoms with Crippen LogP contribution in [0.3, 0.4) is 0 Å². The predicted octanol–water partition coefficient (Wildman–Crippen LogP) is 4.02. The third-order valence-corrected chi connectivity index (χ3v) is 6.58. The van der Waals surface area contributed by atoms with Gasteiger partial charge in [0, 0.05) is 31.7 Å². The molecule has 1 saturated carbocycles. The van der Waals surface area contributed by atoms with E-state index >= 15 is 0 Å². The number of aromatic nitrogens is 3. The van der Waals surface area contributed by atoms with Gasteiger partial charge in [-0.2, -0.15) is 13.9 Å². The van der Waals surface area contributed by atoms with Crippen LogP contribution in [-0.2, 0) is 11.2 Å². The lowest BCUT2D eigenvalue weighted by Crippen LogP contribution is -2.43. The number of halogens is 2. The number of fused-ring (bicyclic) bond motifs is 1. The fourth-order valence-electron chi connectivity index (χ4n) is 4.13. The molecule has 1 aliphatic rings. The van der Waals surface area contributed by atoms with E-state index in [-0.39, 0.29) is 24.2 Å². The summed E-state index contributed by atoms with van der Waals surface area (Å²) in [6, 6.07) is 7.50. The van der Waals surface area contributed by atoms with Gasteiger partial charge in [-0.25, -0.2) is 9.67 Å². The van der Waals surface area contributed by atoms with Crippen LogP contribution in [0.2, 0.25) is 0 Å². The largest absolute Gasteiger partial charge is 0.349 e. The molecule has 7 nitrogen and oxygen atoms in total. The zero-order valence-corrected chi connectivity index (χ0v) is 18.4. The molecule has 1 aromatic carbocycles. The summed E-state index contributed by atoms with van der Waals surface area (Å²) in [5.41, 5.74) is 3.81. The highest BCUT2D eigenvalue weighted by atomic mass is 32.1. The lowest BCUT2D eigenvalue weighted by Gasteiger charge is -2.29. The first kappa shape index (κ1) is 22.3. The maximum atomic E-state index is 13.0. The second kappa shape index (κ2) is 10.2. The maximum Gasteiger partial charge on any atom is 0.333 e. The zero-order chi connectivity index (χ0) is 22.5. The standard InChI is InChI=1S/C22H25F2N5O2S/c23-22(24)29-11-9-18(27-29)21(31)25-10-12-28(16-3-1-2-4-16)20(30)8-6-15-5-7-17-19(13-15)32-14-26-17/h5,7,9,11,13-14,16,22H,1-4,6,8,10,12H2,(H,25,31). The van der Waals surface area contributed by atoms with E-state index in [1.54, 1.807) is 11.3 Å². The highest BCUT2D eigenvalue weighted by Gasteiger charge is 2.26. The van der Waals surface area contributed by atoms with Crippen molar-refractivity contribution in [3.8, 4) is 0 Å². The lowest BCUT2D eigenvalue weighted by atomic mass is 10.1. The van der Waals surface area contributed by atoms with Gasteiger partial charge in [0.25, 0.3) is 5.91 Å². The first-order chi connectivity index (χ1) is 15.5. The van der Waals surface area contributed by atoms with Crippen LogP contribution in [0.25, 0.3) is 10.2 Å². The van der Waals surface area contributed by atoms with Crippen molar-refractivity contribution >= 4 is 33.4 Å². The van der Waals surface area contributed by atoms with Gasteiger partial charge in [0.2, 0.25) is 5.91 Å². The summed E-state index contributed by atoms with van der Waals surface area (Å²) in [6.45, 7) is -2.16. The van der Waals surface area contributed by atoms with Crippen molar-refractivity contribution in [2.75, 3.05) is 13.1 Å². The smallest absolute Gasteiger partial charge is 0.333 e. The average molecular weight is 462 g/mol. The normalized spacial score (nSPS) is 14.3. The van der Waals surface area contributed by atoms with E-state index in [1.165, 1.54) is 6.07 Å². The number of thiazole rings is 1. The van der Waals surface area contributed by atoms with E-state index in [2.05, 4.69) is 21.5 Å². The van der Waals surface area contributed by atoms with Crippen molar-refractivity contribution in [3.63, 3.8) is 0 Å². The molecule has 3 aromatic rings. The summed E-state index contributed by atoms with van der Waals surface area (Å²) in [7, 11) is 0. The average Bonchev–Trinajstić information content (AvgIpc) is 3.55. The predicted molar refractivity (Wildman–Crippen MR) is 118 cm³/mol. The minimum Gasteiger partial charge on any atom is -0.349 e. The number of benzene rings is 1. The Balaban J connectivity index is 1.32. The summed E-state index contributed by atoms with van der Waals surface area (Å²) in [6.07, 6.45) is 6.22. The first-order valence-electron chi connectivity index (χ1n) is 10.7. The van der Waals surface area contributed by atoms with Crippen molar-refractivity contribution in [3.05, 3.63) is 47.2 Å². The van der Waals surface area contributed by atoms with Crippen molar-refractivity contribution < 1.29 is 18.4 Å². The molecular weight excluding hydrogens is 436 g/mol. The van der Waals surface area contributed by atoms with Crippen LogP contribution in [0.4, 0.5) is 8.78 Å². The molecule has 1 fully saturated rings. The Kier molecular flexibility index (Phi) is 7.09. The Morgan fingerprint density at radius 1 is 1.25 bits per heavy atom. The fraction of sp³-hybridized carbons (Fsp3) is 0.455. The second-order valence-electron chi connectivity index (χ2n) is 7.89. The summed E-state index contributed by atoms with van der Waals surface area (Å²) in [5.74, 6) is -0.460. The van der Waals surface area contributed by atoms with Crippen LogP contribution in [0.15, 0.2) is 36.0 Å². The van der Waals surface area contributed by atoms with Crippen LogP contribution >= 0.6 is 11.3 Å². The van der Waals surface area contributed by atoms with Gasteiger partial charge < -0.3 is 10.2 Å². The van der Waals surface area contributed by atoms with Crippen molar-refractivity contribution in [2.45, 2.75) is 51.1 Å². The Labute approximate surface area is 188 Å². The van der Waals surface area contributed by atoms with Crippen LogP contribution < -0.4 is 5.32 Å². The highest BCUT2D eigenvalue weighted by molar-refractivity contribution is 7.16. The zero-order valence-electron chi connectivity index (χ0n) is 17.5. The van der Waals surface area contributed by atoms with E-state index in [4.69, 9.17) is 0 Å². The summed E-state index contributed by atoms with van der Waals surface area (Å²) < 4.78 is 26.8. The summed E-state index contributed by atoms with van der Waals surface area (Å²) >= 11 is 1.58. The van der Waals surface area contributed by atoms with Gasteiger partial charge in [0.15, 0.2) is 0 Å². The van der Waals surface area contributed by atoms with Gasteiger partial charge in [-0.1, -0.05) is 18.9 Å². The number of nitrogens with zero attached hydrogens (tertiary/aromatic N) is 4. The third-order valence-electron chi connectivity index (χ3n) is 5.79. The topological polar surface area (TPSA) is 80.1 Å². The molecule has 170 valence electrons. The summed E-state index contributed by atoms with van der Waals surface area (Å²) in [4.78, 5) is 31.4. The molecule has 0 saturated heterocycles. The Hall–Kier alpha value is -2.88. The van der Waals surface area contributed by atoms with E-state index in [0.29, 0.717) is 24.1 Å². The van der Waals surface area contributed by atoms with Gasteiger partial charge in [-0.15, -0.1) is 11.3 Å². The monoisotopic (exact) mass is 461 g/mol. The number of rotatable bonds is 9. The molecule has 0 unspecified atom stereocenters. The van der Waals surface area contributed by atoms with Crippen LogP contribution in [0.5, 0.6) is 0 Å². The molecule has 0 spiro atoms. The Morgan fingerprint density at radius 2 is 2.06 bits per heavy atom. The number of alkyl halides is 2. The fourth-order valence-corrected chi connectivity index (χ4v) is 4.87. The number of carbonyl (C=O) groups is 2. The van der Waals surface area contributed by atoms with Crippen molar-refractivity contribution in [2.24, 2.45) is 0 Å². The number of carbonyl (C=O) groups excluding carboxylic acids is 2. The Morgan fingerprint density at radius 3 is 2.81 bits per heavy atom. The number of aryl methyl sites for hydroxylation is 1. The van der Waals surface area contributed by atoms with Crippen molar-refractivity contribution in [1.82, 2.24) is 25.0 Å². The van der Waals surface area contributed by atoms with Crippen LogP contribution in [-0.4, -0.2) is 50.6 Å². The number of nitrogens with one attached hydrogen (secondary N) is 1. The van der Waals surface area contributed by atoms with E-state index < -0.39 is 12.5 Å². The molecule has 0 radical (unpaired) electrons. The van der Waals surface area contributed by atoms with Gasteiger partial charge >= 0.3 is 6.55 Å². The first-order valence-corrected chi connectivity index (χ1v) is 11.6. The number of hydrogen-bond donors (Lipinski definition) is 1. The van der Waals surface area contributed by atoms with Crippen LogP contribution in [0, 0.1) is 0 Å². The second-order valence-corrected chi connectivity index (χ2v) is 8.78. The molecule has 2 amide bonds. The molecule has 32 heavy (non-hydrogen) atoms. The van der Waals surface area contributed by atoms with E-state index in [9.17, 15) is 18.4 Å². The highest BCUT2D eigenvalue weighted by Crippen LogP contribution is 2.25. The Bertz CT molecular complexity index is 1080. The number of amides is 2. The van der Waals surface area contributed by atoms with E-state index in [1.807, 2.05) is 22.5 Å². The summed E-state index contributed by atoms with van der Waals surface area (Å²) in [5, 5.41) is 6.26. The minimum atomic E-state index is -2.79. The molecule has 4 rings (SSSR count). The number of hydrogen-bond acceptors (Lipinski definition) is 5. The SMILES string of the molecule is O=C(NCCN(C(=O)CCc1ccc2ncsc2c1)C1CCCC1)c1ccn(C(F)F)n1. The lowest BCUT2D eigenvalue weighted by molar-refractivity contribution is -0.133. The minimum absolute atomic E-state index is 0.0671. The van der Waals surface area contributed by atoms with Crippen LogP contribution in [0.1, 0.15) is 54.7 Å². The molecule has 2 heterocycles. The molecule has 1 N–H and O–H groups in total.